The summed E-state index contributed by atoms with van der Waals surface area (Å²) in [5, 5.41) is 7.28. The van der Waals surface area contributed by atoms with E-state index in [1.54, 1.807) is 0 Å². The summed E-state index contributed by atoms with van der Waals surface area (Å²) < 4.78 is 0. The molecule has 5 N–H and O–H groups in total. The Hall–Kier alpha value is -1.61. The normalized spacial score (nSPS) is 10.6. The lowest BCUT2D eigenvalue weighted by atomic mass is 10.1. The SMILES string of the molecule is N=C(N)c1cccc(C=CCCN)c1. The molecule has 1 aromatic carbocycles. The van der Waals surface area contributed by atoms with Crippen molar-refractivity contribution in [2.45, 2.75) is 6.42 Å². The lowest BCUT2D eigenvalue weighted by Crippen LogP contribution is -2.10. The van der Waals surface area contributed by atoms with E-state index < -0.39 is 0 Å². The van der Waals surface area contributed by atoms with Gasteiger partial charge in [-0.1, -0.05) is 30.4 Å². The number of nitrogens with two attached hydrogens (primary N) is 2. The van der Waals surface area contributed by atoms with Crippen molar-refractivity contribution < 1.29 is 0 Å². The number of hydrogen-bond donors (Lipinski definition) is 3. The summed E-state index contributed by atoms with van der Waals surface area (Å²) in [6.45, 7) is 0.656. The Bertz CT molecular complexity index is 342. The fraction of sp³-hybridized carbons (Fsp3) is 0.182. The van der Waals surface area contributed by atoms with Gasteiger partial charge in [0.1, 0.15) is 5.84 Å². The van der Waals surface area contributed by atoms with E-state index >= 15 is 0 Å². The van der Waals surface area contributed by atoms with E-state index in [0.717, 1.165) is 17.5 Å². The van der Waals surface area contributed by atoms with Crippen LogP contribution in [0.4, 0.5) is 0 Å². The van der Waals surface area contributed by atoms with Crippen molar-refractivity contribution >= 4 is 11.9 Å². The van der Waals surface area contributed by atoms with Crippen LogP contribution in [0.2, 0.25) is 0 Å². The number of rotatable bonds is 4. The molecule has 74 valence electrons. The molecule has 0 aliphatic carbocycles. The maximum Gasteiger partial charge on any atom is 0.122 e. The van der Waals surface area contributed by atoms with Gasteiger partial charge in [0.15, 0.2) is 0 Å². The van der Waals surface area contributed by atoms with Crippen molar-refractivity contribution in [2.24, 2.45) is 11.5 Å². The second-order valence-corrected chi connectivity index (χ2v) is 3.02. The van der Waals surface area contributed by atoms with Crippen LogP contribution in [0.15, 0.2) is 30.3 Å². The zero-order valence-electron chi connectivity index (χ0n) is 8.03. The maximum absolute atomic E-state index is 7.28. The third-order valence-electron chi connectivity index (χ3n) is 1.84. The van der Waals surface area contributed by atoms with Gasteiger partial charge in [-0.15, -0.1) is 0 Å². The highest BCUT2D eigenvalue weighted by Gasteiger charge is 1.95. The predicted molar refractivity (Wildman–Crippen MR) is 60.2 cm³/mol. The smallest absolute Gasteiger partial charge is 0.122 e. The number of nitrogen functional groups attached to an aromatic ring is 1. The van der Waals surface area contributed by atoms with E-state index in [1.807, 2.05) is 36.4 Å². The van der Waals surface area contributed by atoms with Crippen molar-refractivity contribution in [3.05, 3.63) is 41.5 Å². The molecule has 0 aromatic heterocycles. The minimum atomic E-state index is 0.0964. The highest BCUT2D eigenvalue weighted by molar-refractivity contribution is 5.95. The molecule has 3 heteroatoms. The van der Waals surface area contributed by atoms with Crippen LogP contribution in [0.3, 0.4) is 0 Å². The van der Waals surface area contributed by atoms with Gasteiger partial charge in [-0.05, 0) is 24.6 Å². The van der Waals surface area contributed by atoms with Crippen LogP contribution in [0, 0.1) is 5.41 Å². The van der Waals surface area contributed by atoms with Gasteiger partial charge in [-0.25, -0.2) is 0 Å². The molecule has 0 saturated heterocycles. The molecule has 14 heavy (non-hydrogen) atoms. The molecule has 3 nitrogen and oxygen atoms in total. The Morgan fingerprint density at radius 3 is 2.86 bits per heavy atom. The first kappa shape index (κ1) is 10.5. The highest BCUT2D eigenvalue weighted by Crippen LogP contribution is 2.06. The van der Waals surface area contributed by atoms with E-state index in [1.165, 1.54) is 0 Å². The van der Waals surface area contributed by atoms with Gasteiger partial charge < -0.3 is 11.5 Å². The van der Waals surface area contributed by atoms with Gasteiger partial charge in [0.2, 0.25) is 0 Å². The van der Waals surface area contributed by atoms with Crippen molar-refractivity contribution in [3.63, 3.8) is 0 Å². The van der Waals surface area contributed by atoms with Crippen molar-refractivity contribution in [2.75, 3.05) is 6.54 Å². The van der Waals surface area contributed by atoms with E-state index in [-0.39, 0.29) is 5.84 Å². The molecule has 0 unspecified atom stereocenters. The van der Waals surface area contributed by atoms with Crippen LogP contribution in [-0.4, -0.2) is 12.4 Å². The minimum absolute atomic E-state index is 0.0964. The first-order valence-electron chi connectivity index (χ1n) is 4.55. The fourth-order valence-corrected chi connectivity index (χ4v) is 1.13. The number of hydrogen-bond acceptors (Lipinski definition) is 2. The van der Waals surface area contributed by atoms with Crippen LogP contribution >= 0.6 is 0 Å². The Labute approximate surface area is 83.9 Å². The Balaban J connectivity index is 2.78. The summed E-state index contributed by atoms with van der Waals surface area (Å²) in [4.78, 5) is 0. The van der Waals surface area contributed by atoms with E-state index in [4.69, 9.17) is 16.9 Å². The third kappa shape index (κ3) is 3.03. The van der Waals surface area contributed by atoms with Gasteiger partial charge in [0.05, 0.1) is 0 Å². The second kappa shape index (κ2) is 5.19. The monoisotopic (exact) mass is 189 g/mol. The Morgan fingerprint density at radius 2 is 2.21 bits per heavy atom. The average Bonchev–Trinajstić information content (AvgIpc) is 2.19. The molecule has 0 amide bonds. The molecule has 0 heterocycles. The molecule has 0 fully saturated rings. The molecular formula is C11H15N3. The second-order valence-electron chi connectivity index (χ2n) is 3.02. The molecule has 0 aliphatic heterocycles. The molecule has 0 spiro atoms. The zero-order chi connectivity index (χ0) is 10.4. The summed E-state index contributed by atoms with van der Waals surface area (Å²) in [6, 6.07) is 7.57. The molecule has 1 aromatic rings. The van der Waals surface area contributed by atoms with Crippen molar-refractivity contribution in [1.82, 2.24) is 0 Å². The van der Waals surface area contributed by atoms with Gasteiger partial charge in [0, 0.05) is 5.56 Å². The van der Waals surface area contributed by atoms with Crippen LogP contribution in [0.5, 0.6) is 0 Å². The first-order chi connectivity index (χ1) is 6.74. The Morgan fingerprint density at radius 1 is 1.43 bits per heavy atom. The number of benzene rings is 1. The lowest BCUT2D eigenvalue weighted by molar-refractivity contribution is 1.01. The van der Waals surface area contributed by atoms with E-state index in [0.29, 0.717) is 6.54 Å². The summed E-state index contributed by atoms with van der Waals surface area (Å²) in [6.07, 6.45) is 4.86. The van der Waals surface area contributed by atoms with Gasteiger partial charge >= 0.3 is 0 Å². The Kier molecular flexibility index (Phi) is 3.88. The summed E-state index contributed by atoms with van der Waals surface area (Å²) in [5.74, 6) is 0.0964. The molecule has 0 atom stereocenters. The molecule has 0 aliphatic rings. The van der Waals surface area contributed by atoms with Crippen molar-refractivity contribution in [3.8, 4) is 0 Å². The van der Waals surface area contributed by atoms with Crippen LogP contribution in [-0.2, 0) is 0 Å². The lowest BCUT2D eigenvalue weighted by Gasteiger charge is -1.99. The van der Waals surface area contributed by atoms with Gasteiger partial charge in [-0.2, -0.15) is 0 Å². The summed E-state index contributed by atoms with van der Waals surface area (Å²) >= 11 is 0. The number of amidine groups is 1. The van der Waals surface area contributed by atoms with Crippen LogP contribution < -0.4 is 11.5 Å². The molecule has 0 radical (unpaired) electrons. The van der Waals surface area contributed by atoms with Gasteiger partial charge in [0.25, 0.3) is 0 Å². The van der Waals surface area contributed by atoms with Crippen LogP contribution in [0.1, 0.15) is 17.5 Å². The average molecular weight is 189 g/mol. The topological polar surface area (TPSA) is 75.9 Å². The van der Waals surface area contributed by atoms with E-state index in [9.17, 15) is 0 Å². The standard InChI is InChI=1S/C11H15N3/c12-7-2-1-4-9-5-3-6-10(8-9)11(13)14/h1,3-6,8H,2,7,12H2,(H3,13,14). The molecule has 0 saturated carbocycles. The predicted octanol–water partition coefficient (Wildman–Crippen LogP) is 1.33. The van der Waals surface area contributed by atoms with Gasteiger partial charge in [-0.3, -0.25) is 5.41 Å². The maximum atomic E-state index is 7.28. The first-order valence-corrected chi connectivity index (χ1v) is 4.55. The number of nitrogens with one attached hydrogen (secondary N) is 1. The van der Waals surface area contributed by atoms with Crippen LogP contribution in [0.25, 0.3) is 6.08 Å². The molecule has 0 bridgehead atoms. The highest BCUT2D eigenvalue weighted by atomic mass is 14.7. The van der Waals surface area contributed by atoms with E-state index in [2.05, 4.69) is 0 Å². The summed E-state index contributed by atoms with van der Waals surface area (Å²) in [5.41, 5.74) is 12.5. The minimum Gasteiger partial charge on any atom is -0.384 e. The van der Waals surface area contributed by atoms with Crippen molar-refractivity contribution in [1.29, 1.82) is 5.41 Å². The summed E-state index contributed by atoms with van der Waals surface area (Å²) in [7, 11) is 0. The molecule has 1 rings (SSSR count). The fourth-order valence-electron chi connectivity index (χ4n) is 1.13. The zero-order valence-corrected chi connectivity index (χ0v) is 8.03. The largest absolute Gasteiger partial charge is 0.384 e. The quantitative estimate of drug-likeness (QED) is 0.493. The third-order valence-corrected chi connectivity index (χ3v) is 1.84. The molecular weight excluding hydrogens is 174 g/mol.